The molecule has 0 saturated carbocycles. The van der Waals surface area contributed by atoms with Gasteiger partial charge in [-0.15, -0.1) is 0 Å². The lowest BCUT2D eigenvalue weighted by Crippen LogP contribution is -2.44. The van der Waals surface area contributed by atoms with Gasteiger partial charge in [-0.05, 0) is 39.2 Å². The van der Waals surface area contributed by atoms with Gasteiger partial charge in [0.2, 0.25) is 0 Å². The van der Waals surface area contributed by atoms with Crippen LogP contribution in [0.5, 0.6) is 0 Å². The van der Waals surface area contributed by atoms with Gasteiger partial charge in [-0.3, -0.25) is 4.79 Å². The first-order valence-corrected chi connectivity index (χ1v) is 6.89. The van der Waals surface area contributed by atoms with Crippen molar-refractivity contribution in [3.8, 4) is 0 Å². The number of Topliss-reactive ketones (excluding diaryl/α,β-unsaturated/α-hetero) is 1. The van der Waals surface area contributed by atoms with E-state index in [1.54, 1.807) is 32.5 Å². The van der Waals surface area contributed by atoms with Crippen LogP contribution in [0.4, 0.5) is 4.79 Å². The molecule has 1 atom stereocenters. The van der Waals surface area contributed by atoms with Gasteiger partial charge in [0.1, 0.15) is 11.6 Å². The number of amides is 1. The number of alkyl carbamates (subject to hydrolysis) is 1. The number of carbonyl (C=O) groups is 2. The molecule has 0 unspecified atom stereocenters. The molecule has 0 aromatic rings. The number of thioether (sulfide) groups is 1. The number of hydrogen-bond acceptors (Lipinski definition) is 4. The minimum Gasteiger partial charge on any atom is -0.444 e. The summed E-state index contributed by atoms with van der Waals surface area (Å²) in [6.07, 6.45) is 2.47. The zero-order chi connectivity index (χ0) is 14.2. The summed E-state index contributed by atoms with van der Waals surface area (Å²) in [7, 11) is 0. The smallest absolute Gasteiger partial charge is 0.408 e. The zero-order valence-electron chi connectivity index (χ0n) is 11.1. The van der Waals surface area contributed by atoms with Crippen molar-refractivity contribution in [2.75, 3.05) is 12.0 Å². The van der Waals surface area contributed by atoms with Crippen LogP contribution in [0, 0.1) is 0 Å². The fourth-order valence-corrected chi connectivity index (χ4v) is 1.59. The molecule has 18 heavy (non-hydrogen) atoms. The number of nitrogens with one attached hydrogen (secondary N) is 1. The van der Waals surface area contributed by atoms with Crippen LogP contribution in [0.3, 0.4) is 0 Å². The largest absolute Gasteiger partial charge is 0.444 e. The molecule has 0 heterocycles. The van der Waals surface area contributed by atoms with Gasteiger partial charge >= 0.3 is 12.3 Å². The van der Waals surface area contributed by atoms with Gasteiger partial charge in [0.05, 0.1) is 0 Å². The van der Waals surface area contributed by atoms with Gasteiger partial charge in [0.25, 0.3) is 5.78 Å². The minimum atomic E-state index is -0.733. The summed E-state index contributed by atoms with van der Waals surface area (Å²) in [6, 6.07) is -0.733. The van der Waals surface area contributed by atoms with Gasteiger partial charge < -0.3 is 15.6 Å². The third-order valence-electron chi connectivity index (χ3n) is 1.83. The number of nitrogens with zero attached hydrogens (tertiary/aromatic N) is 2. The second kappa shape index (κ2) is 7.89. The Morgan fingerprint density at radius 3 is 2.56 bits per heavy atom. The maximum atomic E-state index is 11.6. The second-order valence-corrected chi connectivity index (χ2v) is 5.61. The number of rotatable bonds is 6. The lowest BCUT2D eigenvalue weighted by molar-refractivity contribution is -0.118. The van der Waals surface area contributed by atoms with E-state index in [0.717, 1.165) is 6.21 Å². The van der Waals surface area contributed by atoms with Crippen molar-refractivity contribution in [3.05, 3.63) is 5.53 Å². The third-order valence-corrected chi connectivity index (χ3v) is 2.47. The molecule has 0 spiro atoms. The molecule has 0 saturated heterocycles. The molecule has 0 aliphatic carbocycles. The molecule has 1 N–H and O–H groups in total. The van der Waals surface area contributed by atoms with Crippen LogP contribution in [0.15, 0.2) is 0 Å². The Morgan fingerprint density at radius 2 is 2.11 bits per heavy atom. The SMILES string of the molecule is CSCC[C@H](NC(=O)OC(C)(C)C)C(=O)C=[N+]=[N-]. The standard InChI is InChI=1S/C11H19N3O3S/c1-11(2,3)17-10(16)14-8(5-6-18-4)9(15)7-13-12/h7-8H,5-6H2,1-4H3,(H,14,16)/t8-/m0/s1. The first-order valence-electron chi connectivity index (χ1n) is 5.50. The Bertz CT molecular complexity index is 346. The Hall–Kier alpha value is -1.33. The summed E-state index contributed by atoms with van der Waals surface area (Å²) in [5.74, 6) is 0.239. The Balaban J connectivity index is 4.53. The molecule has 6 nitrogen and oxygen atoms in total. The normalized spacial score (nSPS) is 12.2. The van der Waals surface area contributed by atoms with Crippen molar-refractivity contribution in [2.45, 2.75) is 38.8 Å². The highest BCUT2D eigenvalue weighted by atomic mass is 32.2. The molecule has 0 bridgehead atoms. The van der Waals surface area contributed by atoms with E-state index >= 15 is 0 Å². The second-order valence-electron chi connectivity index (χ2n) is 4.63. The molecule has 0 fully saturated rings. The molecule has 0 aliphatic heterocycles. The fraction of sp³-hybridized carbons (Fsp3) is 0.727. The van der Waals surface area contributed by atoms with Crippen LogP contribution in [0.25, 0.3) is 5.53 Å². The zero-order valence-corrected chi connectivity index (χ0v) is 11.9. The highest BCUT2D eigenvalue weighted by Gasteiger charge is 2.24. The molecule has 0 rings (SSSR count). The summed E-state index contributed by atoms with van der Waals surface area (Å²) in [5.41, 5.74) is 7.71. The van der Waals surface area contributed by atoms with Crippen molar-refractivity contribution < 1.29 is 19.1 Å². The summed E-state index contributed by atoms with van der Waals surface area (Å²) >= 11 is 1.55. The van der Waals surface area contributed by atoms with E-state index in [4.69, 9.17) is 10.3 Å². The summed E-state index contributed by atoms with van der Waals surface area (Å²) in [5, 5.41) is 2.47. The van der Waals surface area contributed by atoms with Crippen LogP contribution < -0.4 is 5.32 Å². The van der Waals surface area contributed by atoms with Crippen LogP contribution in [0.2, 0.25) is 0 Å². The fourth-order valence-electron chi connectivity index (χ4n) is 1.12. The number of ether oxygens (including phenoxy) is 1. The van der Waals surface area contributed by atoms with Crippen molar-refractivity contribution in [1.29, 1.82) is 0 Å². The molecule has 102 valence electrons. The average molecular weight is 273 g/mol. The van der Waals surface area contributed by atoms with Crippen molar-refractivity contribution in [1.82, 2.24) is 5.32 Å². The third kappa shape index (κ3) is 7.86. The van der Waals surface area contributed by atoms with Crippen molar-refractivity contribution in [3.63, 3.8) is 0 Å². The average Bonchev–Trinajstić information content (AvgIpc) is 2.21. The van der Waals surface area contributed by atoms with Gasteiger partial charge in [-0.2, -0.15) is 16.6 Å². The van der Waals surface area contributed by atoms with E-state index in [1.807, 2.05) is 6.26 Å². The molecule has 7 heteroatoms. The first kappa shape index (κ1) is 16.7. The minimum absolute atomic E-state index is 0.450. The highest BCUT2D eigenvalue weighted by molar-refractivity contribution is 7.98. The van der Waals surface area contributed by atoms with E-state index in [-0.39, 0.29) is 0 Å². The summed E-state index contributed by atoms with van der Waals surface area (Å²) in [4.78, 5) is 25.8. The molecule has 0 radical (unpaired) electrons. The maximum Gasteiger partial charge on any atom is 0.408 e. The molecule has 0 aromatic carbocycles. The Labute approximate surface area is 111 Å². The summed E-state index contributed by atoms with van der Waals surface area (Å²) in [6.45, 7) is 5.21. The van der Waals surface area contributed by atoms with Crippen LogP contribution in [-0.4, -0.2) is 46.5 Å². The first-order chi connectivity index (χ1) is 8.30. The Kier molecular flexibility index (Phi) is 7.31. The predicted octanol–water partition coefficient (Wildman–Crippen LogP) is 1.50. The van der Waals surface area contributed by atoms with Gasteiger partial charge in [-0.25, -0.2) is 4.79 Å². The summed E-state index contributed by atoms with van der Waals surface area (Å²) < 4.78 is 5.06. The van der Waals surface area contributed by atoms with E-state index in [2.05, 4.69) is 10.1 Å². The molecule has 1 amide bonds. The van der Waals surface area contributed by atoms with Crippen molar-refractivity contribution in [2.24, 2.45) is 0 Å². The number of hydrogen-bond donors (Lipinski definition) is 1. The van der Waals surface area contributed by atoms with Crippen LogP contribution in [0.1, 0.15) is 27.2 Å². The molecular weight excluding hydrogens is 254 g/mol. The Morgan fingerprint density at radius 1 is 1.50 bits per heavy atom. The van der Waals surface area contributed by atoms with E-state index in [0.29, 0.717) is 12.2 Å². The van der Waals surface area contributed by atoms with Crippen molar-refractivity contribution >= 4 is 29.9 Å². The molecule has 0 aliphatic rings. The van der Waals surface area contributed by atoms with E-state index in [1.165, 1.54) is 0 Å². The van der Waals surface area contributed by atoms with E-state index < -0.39 is 23.5 Å². The van der Waals surface area contributed by atoms with Crippen LogP contribution >= 0.6 is 11.8 Å². The monoisotopic (exact) mass is 273 g/mol. The van der Waals surface area contributed by atoms with Crippen LogP contribution in [-0.2, 0) is 9.53 Å². The van der Waals surface area contributed by atoms with E-state index in [9.17, 15) is 9.59 Å². The van der Waals surface area contributed by atoms with Gasteiger partial charge in [0.15, 0.2) is 0 Å². The van der Waals surface area contributed by atoms with Gasteiger partial charge in [-0.1, -0.05) is 0 Å². The lowest BCUT2D eigenvalue weighted by Gasteiger charge is -2.21. The topological polar surface area (TPSA) is 91.8 Å². The predicted molar refractivity (Wildman–Crippen MR) is 70.8 cm³/mol. The lowest BCUT2D eigenvalue weighted by atomic mass is 10.1. The molecule has 0 aromatic heterocycles. The van der Waals surface area contributed by atoms with Gasteiger partial charge in [0, 0.05) is 0 Å². The maximum absolute atomic E-state index is 11.6. The molecular formula is C11H19N3O3S. The number of carbonyl (C=O) groups excluding carboxylic acids is 2. The number of ketones is 1. The highest BCUT2D eigenvalue weighted by Crippen LogP contribution is 2.08. The quantitative estimate of drug-likeness (QED) is 0.451.